The average Bonchev–Trinajstić information content (AvgIpc) is 2.13. The molecule has 0 amide bonds. The van der Waals surface area contributed by atoms with Gasteiger partial charge in [0.1, 0.15) is 16.8 Å². The lowest BCUT2D eigenvalue weighted by molar-refractivity contribution is -0.109. The van der Waals surface area contributed by atoms with Crippen LogP contribution in [0.2, 0.25) is 5.04 Å². The molecule has 1 heterocycles. The molecule has 1 rings (SSSR count). The molecule has 5 heteroatoms. The van der Waals surface area contributed by atoms with Crippen molar-refractivity contribution in [1.82, 2.24) is 5.32 Å². The van der Waals surface area contributed by atoms with Gasteiger partial charge >= 0.3 is 0 Å². The third-order valence-electron chi connectivity index (χ3n) is 4.20. The van der Waals surface area contributed by atoms with Gasteiger partial charge in [-0.1, -0.05) is 6.92 Å². The summed E-state index contributed by atoms with van der Waals surface area (Å²) in [6.45, 7) is 11.3. The topological polar surface area (TPSA) is 38.3 Å². The van der Waals surface area contributed by atoms with Crippen molar-refractivity contribution in [3.05, 3.63) is 0 Å². The fourth-order valence-corrected chi connectivity index (χ4v) is 7.08. The Kier molecular flexibility index (Phi) is 4.97. The summed E-state index contributed by atoms with van der Waals surface area (Å²) in [6, 6.07) is 0. The summed E-state index contributed by atoms with van der Waals surface area (Å²) >= 11 is 0. The van der Waals surface area contributed by atoms with Crippen molar-refractivity contribution in [3.63, 3.8) is 0 Å². The molecular weight excluding hydrogens is 258 g/mol. The fourth-order valence-electron chi connectivity index (χ4n) is 3.68. The van der Waals surface area contributed by atoms with Gasteiger partial charge in [-0.05, 0) is 51.5 Å². The van der Waals surface area contributed by atoms with Crippen LogP contribution in [0.5, 0.6) is 0 Å². The van der Waals surface area contributed by atoms with E-state index in [0.29, 0.717) is 12.3 Å². The highest BCUT2D eigenvalue weighted by atomic mass is 28.3. The zero-order valence-corrected chi connectivity index (χ0v) is 16.2. The zero-order valence-electron chi connectivity index (χ0n) is 12.8. The Morgan fingerprint density at radius 2 is 1.89 bits per heavy atom. The number of nitrogens with one attached hydrogen (secondary N) is 1. The minimum absolute atomic E-state index is 0.125. The molecule has 18 heavy (non-hydrogen) atoms. The van der Waals surface area contributed by atoms with E-state index in [4.69, 9.17) is 4.12 Å². The van der Waals surface area contributed by atoms with Gasteiger partial charge < -0.3 is 14.2 Å². The van der Waals surface area contributed by atoms with Gasteiger partial charge in [0.05, 0.1) is 0 Å². The van der Waals surface area contributed by atoms with Gasteiger partial charge in [0.15, 0.2) is 9.76 Å². The van der Waals surface area contributed by atoms with E-state index in [9.17, 15) is 4.79 Å². The van der Waals surface area contributed by atoms with Crippen LogP contribution in [0.15, 0.2) is 0 Å². The Morgan fingerprint density at radius 1 is 1.39 bits per heavy atom. The molecule has 1 unspecified atom stereocenters. The monoisotopic (exact) mass is 287 g/mol. The maximum Gasteiger partial charge on any atom is 0.152 e. The van der Waals surface area contributed by atoms with Crippen molar-refractivity contribution in [3.8, 4) is 0 Å². The van der Waals surface area contributed by atoms with Crippen LogP contribution in [0.1, 0.15) is 53.9 Å². The molecule has 1 aliphatic heterocycles. The molecule has 1 aliphatic rings. The number of carbonyl (C=O) groups excluding carboxylic acids is 1. The van der Waals surface area contributed by atoms with Crippen molar-refractivity contribution < 1.29 is 8.91 Å². The Hall–Kier alpha value is 0.0238. The van der Waals surface area contributed by atoms with Gasteiger partial charge in [-0.15, -0.1) is 0 Å². The maximum atomic E-state index is 11.0. The second-order valence-corrected chi connectivity index (χ2v) is 11.7. The minimum Gasteiger partial charge on any atom is -0.468 e. The molecule has 0 bridgehead atoms. The van der Waals surface area contributed by atoms with Crippen LogP contribution in [0.25, 0.3) is 0 Å². The molecule has 0 aromatic heterocycles. The number of hydrogen-bond donors (Lipinski definition) is 1. The van der Waals surface area contributed by atoms with Crippen molar-refractivity contribution in [2.75, 3.05) is 0 Å². The first-order valence-electron chi connectivity index (χ1n) is 6.86. The summed E-state index contributed by atoms with van der Waals surface area (Å²) in [4.78, 5) is 11.0. The lowest BCUT2D eigenvalue weighted by Gasteiger charge is -2.51. The number of aldehydes is 1. The van der Waals surface area contributed by atoms with E-state index in [1.165, 1.54) is 0 Å². The van der Waals surface area contributed by atoms with Crippen LogP contribution in [-0.2, 0) is 8.91 Å². The van der Waals surface area contributed by atoms with E-state index in [1.54, 1.807) is 0 Å². The van der Waals surface area contributed by atoms with Crippen molar-refractivity contribution in [2.45, 2.75) is 70.0 Å². The summed E-state index contributed by atoms with van der Waals surface area (Å²) < 4.78 is 5.65. The third-order valence-corrected chi connectivity index (χ3v) is 6.88. The highest BCUT2D eigenvalue weighted by Crippen LogP contribution is 2.48. The van der Waals surface area contributed by atoms with Crippen LogP contribution in [-0.4, -0.2) is 37.6 Å². The molecule has 0 aliphatic carbocycles. The lowest BCUT2D eigenvalue weighted by atomic mass is 9.70. The summed E-state index contributed by atoms with van der Waals surface area (Å²) in [5, 5.41) is 3.84. The van der Waals surface area contributed by atoms with Gasteiger partial charge in [-0.3, -0.25) is 0 Å². The van der Waals surface area contributed by atoms with E-state index in [2.05, 4.69) is 39.9 Å². The van der Waals surface area contributed by atoms with E-state index in [0.717, 1.165) is 29.6 Å². The molecule has 1 atom stereocenters. The lowest BCUT2D eigenvalue weighted by Crippen LogP contribution is -2.59. The first-order chi connectivity index (χ1) is 8.14. The van der Waals surface area contributed by atoms with Crippen LogP contribution in [0.3, 0.4) is 0 Å². The van der Waals surface area contributed by atoms with E-state index < -0.39 is 9.76 Å². The van der Waals surface area contributed by atoms with Gasteiger partial charge in [0.2, 0.25) is 0 Å². The predicted octanol–water partition coefficient (Wildman–Crippen LogP) is 0.692. The Labute approximate surface area is 117 Å². The first-order valence-corrected chi connectivity index (χ1v) is 8.96. The summed E-state index contributed by atoms with van der Waals surface area (Å²) in [7, 11) is 0.192. The highest BCUT2D eigenvalue weighted by Gasteiger charge is 2.45. The Morgan fingerprint density at radius 3 is 2.28 bits per heavy atom. The predicted molar refractivity (Wildman–Crippen MR) is 82.6 cm³/mol. The molecule has 0 spiro atoms. The molecule has 106 valence electrons. The third kappa shape index (κ3) is 4.01. The van der Waals surface area contributed by atoms with E-state index in [-0.39, 0.29) is 16.1 Å². The molecule has 1 saturated heterocycles. The number of carbonyl (C=O) groups is 1. The summed E-state index contributed by atoms with van der Waals surface area (Å²) in [6.07, 6.45) is 4.03. The molecule has 0 saturated carbocycles. The van der Waals surface area contributed by atoms with Crippen LogP contribution >= 0.6 is 0 Å². The minimum atomic E-state index is -0.611. The molecule has 0 aromatic rings. The summed E-state index contributed by atoms with van der Waals surface area (Å²) in [5.41, 5.74) is 0.298. The highest BCUT2D eigenvalue weighted by molar-refractivity contribution is 6.38. The van der Waals surface area contributed by atoms with E-state index >= 15 is 0 Å². The van der Waals surface area contributed by atoms with Crippen LogP contribution < -0.4 is 5.32 Å². The van der Waals surface area contributed by atoms with Gasteiger partial charge in [-0.25, -0.2) is 0 Å². The van der Waals surface area contributed by atoms with Gasteiger partial charge in [0.25, 0.3) is 0 Å². The first kappa shape index (κ1) is 16.1. The van der Waals surface area contributed by atoms with Crippen LogP contribution in [0, 0.1) is 5.92 Å². The van der Waals surface area contributed by atoms with Gasteiger partial charge in [-0.2, -0.15) is 0 Å². The SMILES string of the molecule is CC1(C)CC(C(C)(CC=O)[SiH2]O[SiH3])CC(C)(C)N1. The molecule has 0 aromatic carbocycles. The average molecular weight is 288 g/mol. The van der Waals surface area contributed by atoms with E-state index in [1.807, 2.05) is 0 Å². The standard InChI is InChI=1S/C13H29NO2Si2/c1-11(2)8-10(9-12(3,4)14-11)13(5,6-7-15)18-16-17/h7,10,14H,6,8-9,18H2,1-5,17H3. The maximum absolute atomic E-state index is 11.0. The Balaban J connectivity index is 2.94. The van der Waals surface area contributed by atoms with Gasteiger partial charge in [0, 0.05) is 17.5 Å². The fraction of sp³-hybridized carbons (Fsp3) is 0.923. The number of piperidine rings is 1. The Bertz CT molecular complexity index is 291. The molecule has 1 fully saturated rings. The molecule has 3 nitrogen and oxygen atoms in total. The number of rotatable bonds is 5. The largest absolute Gasteiger partial charge is 0.468 e. The zero-order chi connectivity index (χ0) is 14.0. The van der Waals surface area contributed by atoms with Crippen molar-refractivity contribution >= 4 is 26.5 Å². The second kappa shape index (κ2) is 5.57. The smallest absolute Gasteiger partial charge is 0.152 e. The molecule has 1 N–H and O–H groups in total. The van der Waals surface area contributed by atoms with Crippen LogP contribution in [0.4, 0.5) is 0 Å². The van der Waals surface area contributed by atoms with Crippen molar-refractivity contribution in [1.29, 1.82) is 0 Å². The number of hydrogen-bond acceptors (Lipinski definition) is 3. The second-order valence-electron chi connectivity index (χ2n) is 7.46. The summed E-state index contributed by atoms with van der Waals surface area (Å²) in [5.74, 6) is 0.592. The normalized spacial score (nSPS) is 27.4. The molecular formula is C13H29NO2Si2. The van der Waals surface area contributed by atoms with Crippen molar-refractivity contribution in [2.24, 2.45) is 5.92 Å². The molecule has 0 radical (unpaired) electrons. The quantitative estimate of drug-likeness (QED) is 0.597.